The molecule has 0 bridgehead atoms. The summed E-state index contributed by atoms with van der Waals surface area (Å²) in [6.45, 7) is 0.277. The van der Waals surface area contributed by atoms with Gasteiger partial charge >= 0.3 is 0 Å². The molecular formula is C28H25N5O3S. The fourth-order valence-electron chi connectivity index (χ4n) is 3.62. The minimum absolute atomic E-state index is 0.0955. The largest absolute Gasteiger partial charge is 0.347 e. The third-order valence-corrected chi connectivity index (χ3v) is 7.42. The van der Waals surface area contributed by atoms with E-state index in [1.807, 2.05) is 66.7 Å². The number of rotatable bonds is 8. The van der Waals surface area contributed by atoms with E-state index >= 15 is 0 Å². The zero-order valence-corrected chi connectivity index (χ0v) is 21.2. The summed E-state index contributed by atoms with van der Waals surface area (Å²) < 4.78 is 28.2. The van der Waals surface area contributed by atoms with Gasteiger partial charge in [-0.15, -0.1) is 0 Å². The molecule has 0 saturated carbocycles. The molecule has 0 aliphatic heterocycles. The number of benzene rings is 3. The molecule has 0 spiro atoms. The van der Waals surface area contributed by atoms with Crippen molar-refractivity contribution in [3.05, 3.63) is 108 Å². The number of nitrogens with one attached hydrogen (secondary N) is 1. The lowest BCUT2D eigenvalue weighted by molar-refractivity contribution is -0.117. The van der Waals surface area contributed by atoms with E-state index in [-0.39, 0.29) is 17.0 Å². The van der Waals surface area contributed by atoms with Gasteiger partial charge in [-0.05, 0) is 35.9 Å². The Hall–Kier alpha value is -4.52. The Morgan fingerprint density at radius 3 is 2.35 bits per heavy atom. The highest BCUT2D eigenvalue weighted by Crippen LogP contribution is 2.28. The van der Waals surface area contributed by atoms with Gasteiger partial charge in [0.25, 0.3) is 5.91 Å². The van der Waals surface area contributed by atoms with Crippen molar-refractivity contribution in [1.82, 2.24) is 19.4 Å². The monoisotopic (exact) mass is 511 g/mol. The van der Waals surface area contributed by atoms with E-state index in [4.69, 9.17) is 0 Å². The summed E-state index contributed by atoms with van der Waals surface area (Å²) in [5, 5.41) is 17.2. The highest BCUT2D eigenvalue weighted by molar-refractivity contribution is 7.89. The average molecular weight is 512 g/mol. The van der Waals surface area contributed by atoms with E-state index in [1.54, 1.807) is 23.0 Å². The maximum Gasteiger partial charge on any atom is 0.262 e. The molecule has 3 aromatic carbocycles. The zero-order valence-electron chi connectivity index (χ0n) is 20.4. The summed E-state index contributed by atoms with van der Waals surface area (Å²) in [6, 6.07) is 27.2. The molecule has 0 aliphatic rings. The second kappa shape index (κ2) is 11.0. The Morgan fingerprint density at radius 1 is 1.03 bits per heavy atom. The van der Waals surface area contributed by atoms with Crippen LogP contribution >= 0.6 is 0 Å². The Balaban J connectivity index is 1.76. The third kappa shape index (κ3) is 5.83. The molecule has 1 heterocycles. The molecule has 1 N–H and O–H groups in total. The van der Waals surface area contributed by atoms with Gasteiger partial charge in [-0.2, -0.15) is 10.4 Å². The van der Waals surface area contributed by atoms with Crippen LogP contribution in [0.25, 0.3) is 23.0 Å². The van der Waals surface area contributed by atoms with E-state index in [0.29, 0.717) is 16.8 Å². The van der Waals surface area contributed by atoms with Crippen molar-refractivity contribution in [2.24, 2.45) is 0 Å². The molecule has 1 aromatic heterocycles. The number of sulfonamides is 1. The number of aromatic nitrogens is 2. The molecule has 0 atom stereocenters. The summed E-state index contributed by atoms with van der Waals surface area (Å²) in [7, 11) is -0.742. The van der Waals surface area contributed by atoms with Crippen LogP contribution in [0.5, 0.6) is 0 Å². The SMILES string of the molecule is CN(C)S(=O)(=O)c1cccc(-c2nn(-c3ccccc3)cc2/C=C(\C#N)C(=O)NCc2ccccc2)c1. The van der Waals surface area contributed by atoms with Gasteiger partial charge in [0.15, 0.2) is 0 Å². The standard InChI is InChI=1S/C28H25N5O3S/c1-32(2)37(35,36)26-15-9-12-22(17-26)27-24(20-33(31-27)25-13-7-4-8-14-25)16-23(18-29)28(34)30-19-21-10-5-3-6-11-21/h3-17,20H,19H2,1-2H3,(H,30,34)/b23-16+. The smallest absolute Gasteiger partial charge is 0.262 e. The number of hydrogen-bond donors (Lipinski definition) is 1. The van der Waals surface area contributed by atoms with Gasteiger partial charge < -0.3 is 5.32 Å². The van der Waals surface area contributed by atoms with Gasteiger partial charge in [0.05, 0.1) is 10.6 Å². The number of para-hydroxylation sites is 1. The molecular weight excluding hydrogens is 486 g/mol. The second-order valence-corrected chi connectivity index (χ2v) is 10.5. The van der Waals surface area contributed by atoms with Gasteiger partial charge in [0, 0.05) is 38.0 Å². The molecule has 4 rings (SSSR count). The fourth-order valence-corrected chi connectivity index (χ4v) is 4.57. The molecule has 37 heavy (non-hydrogen) atoms. The van der Waals surface area contributed by atoms with Crippen LogP contribution < -0.4 is 5.32 Å². The minimum Gasteiger partial charge on any atom is -0.347 e. The number of carbonyl (C=O) groups excluding carboxylic acids is 1. The lowest BCUT2D eigenvalue weighted by Gasteiger charge is -2.12. The van der Waals surface area contributed by atoms with E-state index in [0.717, 1.165) is 15.6 Å². The first kappa shape index (κ1) is 25.6. The van der Waals surface area contributed by atoms with Gasteiger partial charge in [-0.1, -0.05) is 60.7 Å². The third-order valence-electron chi connectivity index (χ3n) is 5.61. The van der Waals surface area contributed by atoms with Crippen LogP contribution in [0.4, 0.5) is 0 Å². The summed E-state index contributed by atoms with van der Waals surface area (Å²) in [6.07, 6.45) is 3.18. The molecule has 186 valence electrons. The molecule has 1 amide bonds. The Kier molecular flexibility index (Phi) is 7.63. The van der Waals surface area contributed by atoms with Gasteiger partial charge in [-0.25, -0.2) is 17.4 Å². The van der Waals surface area contributed by atoms with Crippen molar-refractivity contribution < 1.29 is 13.2 Å². The summed E-state index contributed by atoms with van der Waals surface area (Å²) in [5.74, 6) is -0.520. The molecule has 0 saturated heterocycles. The zero-order chi connectivity index (χ0) is 26.4. The predicted molar refractivity (Wildman–Crippen MR) is 142 cm³/mol. The molecule has 8 nitrogen and oxygen atoms in total. The number of carbonyl (C=O) groups is 1. The van der Waals surface area contributed by atoms with Gasteiger partial charge in [0.2, 0.25) is 10.0 Å². The first-order valence-corrected chi connectivity index (χ1v) is 12.9. The van der Waals surface area contributed by atoms with Crippen molar-refractivity contribution in [2.75, 3.05) is 14.1 Å². The maximum atomic E-state index is 12.8. The highest BCUT2D eigenvalue weighted by atomic mass is 32.2. The molecule has 0 fully saturated rings. The van der Waals surface area contributed by atoms with Crippen LogP contribution in [0.3, 0.4) is 0 Å². The van der Waals surface area contributed by atoms with Crippen LogP contribution in [0.15, 0.2) is 102 Å². The highest BCUT2D eigenvalue weighted by Gasteiger charge is 2.20. The molecule has 4 aromatic rings. The van der Waals surface area contributed by atoms with Crippen molar-refractivity contribution in [1.29, 1.82) is 5.26 Å². The number of hydrogen-bond acceptors (Lipinski definition) is 5. The van der Waals surface area contributed by atoms with E-state index in [1.165, 1.54) is 32.3 Å². The minimum atomic E-state index is -3.67. The second-order valence-electron chi connectivity index (χ2n) is 8.37. The van der Waals surface area contributed by atoms with Crippen molar-refractivity contribution in [2.45, 2.75) is 11.4 Å². The van der Waals surface area contributed by atoms with Crippen LogP contribution in [-0.4, -0.2) is 42.5 Å². The summed E-state index contributed by atoms with van der Waals surface area (Å²) in [4.78, 5) is 12.9. The molecule has 0 unspecified atom stereocenters. The average Bonchev–Trinajstić information content (AvgIpc) is 3.35. The maximum absolute atomic E-state index is 12.8. The first-order chi connectivity index (χ1) is 17.8. The van der Waals surface area contributed by atoms with E-state index in [2.05, 4.69) is 10.4 Å². The lowest BCUT2D eigenvalue weighted by Crippen LogP contribution is -2.23. The Morgan fingerprint density at radius 2 is 1.70 bits per heavy atom. The van der Waals surface area contributed by atoms with Gasteiger partial charge in [0.1, 0.15) is 17.3 Å². The van der Waals surface area contributed by atoms with Crippen molar-refractivity contribution >= 4 is 22.0 Å². The number of nitrogens with zero attached hydrogens (tertiary/aromatic N) is 4. The topological polar surface area (TPSA) is 108 Å². The summed E-state index contributed by atoms with van der Waals surface area (Å²) >= 11 is 0. The Bertz CT molecular complexity index is 1590. The predicted octanol–water partition coefficient (Wildman–Crippen LogP) is 4.01. The van der Waals surface area contributed by atoms with Crippen LogP contribution in [0.1, 0.15) is 11.1 Å². The Labute approximate surface area is 216 Å². The van der Waals surface area contributed by atoms with Crippen LogP contribution in [0, 0.1) is 11.3 Å². The van der Waals surface area contributed by atoms with E-state index < -0.39 is 15.9 Å². The first-order valence-electron chi connectivity index (χ1n) is 11.4. The number of amides is 1. The van der Waals surface area contributed by atoms with Crippen molar-refractivity contribution in [3.8, 4) is 23.0 Å². The lowest BCUT2D eigenvalue weighted by atomic mass is 10.1. The van der Waals surface area contributed by atoms with Crippen LogP contribution in [-0.2, 0) is 21.4 Å². The fraction of sp³-hybridized carbons (Fsp3) is 0.107. The molecule has 0 aliphatic carbocycles. The number of nitriles is 1. The van der Waals surface area contributed by atoms with Crippen LogP contribution in [0.2, 0.25) is 0 Å². The molecule has 9 heteroatoms. The molecule has 0 radical (unpaired) electrons. The van der Waals surface area contributed by atoms with Crippen molar-refractivity contribution in [3.63, 3.8) is 0 Å². The quantitative estimate of drug-likeness (QED) is 0.284. The van der Waals surface area contributed by atoms with Gasteiger partial charge in [-0.3, -0.25) is 4.79 Å². The van der Waals surface area contributed by atoms with E-state index in [9.17, 15) is 18.5 Å². The summed E-state index contributed by atoms with van der Waals surface area (Å²) in [5.41, 5.74) is 3.04. The normalized spacial score (nSPS) is 11.8.